The van der Waals surface area contributed by atoms with Crippen LogP contribution >= 0.6 is 0 Å². The van der Waals surface area contributed by atoms with Gasteiger partial charge in [0, 0.05) is 19.3 Å². The number of terminal acetylenes is 1. The molecular formula is C8H10F2O. The molecule has 0 aromatic heterocycles. The molecule has 1 saturated carbocycles. The molecule has 11 heavy (non-hydrogen) atoms. The zero-order valence-electron chi connectivity index (χ0n) is 6.06. The Morgan fingerprint density at radius 3 is 2.55 bits per heavy atom. The second-order valence-corrected chi connectivity index (χ2v) is 3.00. The van der Waals surface area contributed by atoms with Gasteiger partial charge < -0.3 is 5.11 Å². The van der Waals surface area contributed by atoms with E-state index < -0.39 is 12.0 Å². The Balaban J connectivity index is 2.27. The quantitative estimate of drug-likeness (QED) is 0.605. The zero-order chi connectivity index (χ0) is 8.48. The van der Waals surface area contributed by atoms with Gasteiger partial charge >= 0.3 is 0 Å². The summed E-state index contributed by atoms with van der Waals surface area (Å²) in [7, 11) is 0. The Bertz CT molecular complexity index is 175. The Hall–Kier alpha value is -0.620. The maximum Gasteiger partial charge on any atom is 0.248 e. The minimum Gasteiger partial charge on any atom is -0.392 e. The predicted octanol–water partition coefficient (Wildman–Crippen LogP) is 1.42. The third-order valence-electron chi connectivity index (χ3n) is 1.99. The standard InChI is InChI=1S/C8H10F2O/c1-2-3-7(11)6-4-8(9,10)5-6/h1,6-7,11H,3-5H2. The first kappa shape index (κ1) is 8.48. The molecular weight excluding hydrogens is 150 g/mol. The lowest BCUT2D eigenvalue weighted by atomic mass is 9.77. The van der Waals surface area contributed by atoms with Gasteiger partial charge in [-0.25, -0.2) is 8.78 Å². The Morgan fingerprint density at radius 2 is 2.18 bits per heavy atom. The van der Waals surface area contributed by atoms with Crippen molar-refractivity contribution in [3.8, 4) is 12.3 Å². The molecule has 0 bridgehead atoms. The third kappa shape index (κ3) is 1.90. The van der Waals surface area contributed by atoms with Gasteiger partial charge in [-0.15, -0.1) is 12.3 Å². The zero-order valence-corrected chi connectivity index (χ0v) is 6.06. The van der Waals surface area contributed by atoms with Gasteiger partial charge in [-0.05, 0) is 5.92 Å². The molecule has 0 aromatic carbocycles. The smallest absolute Gasteiger partial charge is 0.248 e. The molecule has 0 heterocycles. The largest absolute Gasteiger partial charge is 0.392 e. The summed E-state index contributed by atoms with van der Waals surface area (Å²) in [5.41, 5.74) is 0. The van der Waals surface area contributed by atoms with Crippen molar-refractivity contribution in [2.24, 2.45) is 5.92 Å². The van der Waals surface area contributed by atoms with E-state index in [4.69, 9.17) is 11.5 Å². The van der Waals surface area contributed by atoms with Crippen LogP contribution in [0.5, 0.6) is 0 Å². The summed E-state index contributed by atoms with van der Waals surface area (Å²) in [5, 5.41) is 9.13. The molecule has 0 spiro atoms. The lowest BCUT2D eigenvalue weighted by molar-refractivity contribution is -0.140. The van der Waals surface area contributed by atoms with Crippen LogP contribution in [0.2, 0.25) is 0 Å². The normalized spacial score (nSPS) is 25.3. The van der Waals surface area contributed by atoms with Crippen LogP contribution in [0.4, 0.5) is 8.78 Å². The topological polar surface area (TPSA) is 20.2 Å². The Labute approximate surface area is 64.4 Å². The van der Waals surface area contributed by atoms with E-state index in [0.717, 1.165) is 0 Å². The first-order valence-electron chi connectivity index (χ1n) is 3.54. The van der Waals surface area contributed by atoms with Crippen molar-refractivity contribution in [1.82, 2.24) is 0 Å². The molecule has 1 N–H and O–H groups in total. The minimum absolute atomic E-state index is 0.181. The lowest BCUT2D eigenvalue weighted by Gasteiger charge is -2.37. The first-order chi connectivity index (χ1) is 5.05. The van der Waals surface area contributed by atoms with Crippen molar-refractivity contribution in [2.75, 3.05) is 0 Å². The number of hydrogen-bond donors (Lipinski definition) is 1. The van der Waals surface area contributed by atoms with E-state index in [0.29, 0.717) is 0 Å². The SMILES string of the molecule is C#CCC(O)C1CC(F)(F)C1. The molecule has 1 aliphatic carbocycles. The summed E-state index contributed by atoms with van der Waals surface area (Å²) in [6.45, 7) is 0. The fourth-order valence-corrected chi connectivity index (χ4v) is 1.27. The average Bonchev–Trinajstić information content (AvgIpc) is 1.83. The van der Waals surface area contributed by atoms with E-state index in [1.54, 1.807) is 0 Å². The monoisotopic (exact) mass is 160 g/mol. The summed E-state index contributed by atoms with van der Waals surface area (Å²) in [5.74, 6) is -0.597. The summed E-state index contributed by atoms with van der Waals surface area (Å²) < 4.78 is 24.5. The van der Waals surface area contributed by atoms with Crippen molar-refractivity contribution in [1.29, 1.82) is 0 Å². The highest BCUT2D eigenvalue weighted by Crippen LogP contribution is 2.44. The molecule has 1 aliphatic rings. The molecule has 3 heteroatoms. The molecule has 0 aliphatic heterocycles. The number of alkyl halides is 2. The van der Waals surface area contributed by atoms with Gasteiger partial charge in [0.25, 0.3) is 0 Å². The van der Waals surface area contributed by atoms with Crippen LogP contribution in [0.25, 0.3) is 0 Å². The second kappa shape index (κ2) is 2.78. The summed E-state index contributed by atoms with van der Waals surface area (Å²) in [4.78, 5) is 0. The molecule has 0 saturated heterocycles. The van der Waals surface area contributed by atoms with Gasteiger partial charge in [-0.2, -0.15) is 0 Å². The fourth-order valence-electron chi connectivity index (χ4n) is 1.27. The highest BCUT2D eigenvalue weighted by atomic mass is 19.3. The summed E-state index contributed by atoms with van der Waals surface area (Å²) >= 11 is 0. The van der Waals surface area contributed by atoms with Crippen LogP contribution in [-0.2, 0) is 0 Å². The molecule has 1 rings (SSSR count). The lowest BCUT2D eigenvalue weighted by Crippen LogP contribution is -2.41. The predicted molar refractivity (Wildman–Crippen MR) is 37.1 cm³/mol. The van der Waals surface area contributed by atoms with Gasteiger partial charge in [-0.1, -0.05) is 0 Å². The summed E-state index contributed by atoms with van der Waals surface area (Å²) in [6.07, 6.45) is 3.94. The average molecular weight is 160 g/mol. The number of hydrogen-bond acceptors (Lipinski definition) is 1. The van der Waals surface area contributed by atoms with Crippen molar-refractivity contribution in [2.45, 2.75) is 31.3 Å². The van der Waals surface area contributed by atoms with Crippen LogP contribution in [0.1, 0.15) is 19.3 Å². The van der Waals surface area contributed by atoms with E-state index >= 15 is 0 Å². The molecule has 1 atom stereocenters. The van der Waals surface area contributed by atoms with Crippen LogP contribution in [-0.4, -0.2) is 17.1 Å². The van der Waals surface area contributed by atoms with Crippen LogP contribution < -0.4 is 0 Å². The maximum atomic E-state index is 12.2. The van der Waals surface area contributed by atoms with Gasteiger partial charge in [0.15, 0.2) is 0 Å². The second-order valence-electron chi connectivity index (χ2n) is 3.00. The van der Waals surface area contributed by atoms with E-state index in [1.807, 2.05) is 0 Å². The van der Waals surface area contributed by atoms with Gasteiger partial charge in [0.1, 0.15) is 0 Å². The molecule has 0 aromatic rings. The van der Waals surface area contributed by atoms with Gasteiger partial charge in [0.2, 0.25) is 5.92 Å². The van der Waals surface area contributed by atoms with Crippen molar-refractivity contribution in [3.05, 3.63) is 0 Å². The molecule has 1 nitrogen and oxygen atoms in total. The Morgan fingerprint density at radius 1 is 1.64 bits per heavy atom. The van der Waals surface area contributed by atoms with Crippen LogP contribution in [0.15, 0.2) is 0 Å². The van der Waals surface area contributed by atoms with E-state index in [2.05, 4.69) is 5.92 Å². The van der Waals surface area contributed by atoms with Crippen molar-refractivity contribution < 1.29 is 13.9 Å². The van der Waals surface area contributed by atoms with Crippen molar-refractivity contribution >= 4 is 0 Å². The van der Waals surface area contributed by atoms with Gasteiger partial charge in [0.05, 0.1) is 6.10 Å². The van der Waals surface area contributed by atoms with Crippen LogP contribution in [0, 0.1) is 18.3 Å². The third-order valence-corrected chi connectivity index (χ3v) is 1.99. The number of aliphatic hydroxyl groups excluding tert-OH is 1. The van der Waals surface area contributed by atoms with E-state index in [1.165, 1.54) is 0 Å². The molecule has 0 amide bonds. The molecule has 1 fully saturated rings. The highest BCUT2D eigenvalue weighted by molar-refractivity contribution is 4.95. The Kier molecular flexibility index (Phi) is 2.15. The number of rotatable bonds is 2. The van der Waals surface area contributed by atoms with E-state index in [-0.39, 0.29) is 25.2 Å². The molecule has 0 radical (unpaired) electrons. The van der Waals surface area contributed by atoms with Crippen LogP contribution in [0.3, 0.4) is 0 Å². The van der Waals surface area contributed by atoms with E-state index in [9.17, 15) is 8.78 Å². The summed E-state index contributed by atoms with van der Waals surface area (Å²) in [6, 6.07) is 0. The highest BCUT2D eigenvalue weighted by Gasteiger charge is 2.47. The minimum atomic E-state index is -2.56. The number of aliphatic hydroxyl groups is 1. The fraction of sp³-hybridized carbons (Fsp3) is 0.750. The molecule has 1 unspecified atom stereocenters. The molecule has 62 valence electrons. The number of halogens is 2. The first-order valence-corrected chi connectivity index (χ1v) is 3.54. The van der Waals surface area contributed by atoms with Crippen molar-refractivity contribution in [3.63, 3.8) is 0 Å². The maximum absolute atomic E-state index is 12.2. The van der Waals surface area contributed by atoms with Gasteiger partial charge in [-0.3, -0.25) is 0 Å².